The number of fused-ring (bicyclic) bond motifs is 1. The molecule has 2 aliphatic heterocycles. The maximum absolute atomic E-state index is 13.1. The van der Waals surface area contributed by atoms with Crippen molar-refractivity contribution in [1.82, 2.24) is 24.5 Å². The van der Waals surface area contributed by atoms with E-state index in [0.717, 1.165) is 12.8 Å². The molecule has 0 aliphatic carbocycles. The number of hydrogen-bond donors (Lipinski definition) is 2. The van der Waals surface area contributed by atoms with Crippen molar-refractivity contribution in [3.05, 3.63) is 50.7 Å². The normalized spacial score (nSPS) is 20.0. The van der Waals surface area contributed by atoms with E-state index in [9.17, 15) is 18.0 Å². The highest BCUT2D eigenvalue weighted by molar-refractivity contribution is 7.89. The SMILES string of the molecule is CC1(c2nnc(C3CCOCC3)o2)CN(S(=O)(=O)c2ccc3[nH]c(=O)c(=O)[nH]c3c2)C1. The van der Waals surface area contributed by atoms with Crippen LogP contribution in [-0.4, -0.2) is 59.2 Å². The topological polar surface area (TPSA) is 151 Å². The van der Waals surface area contributed by atoms with Crippen LogP contribution < -0.4 is 11.1 Å². The third-order valence-electron chi connectivity index (χ3n) is 5.91. The lowest BCUT2D eigenvalue weighted by atomic mass is 9.84. The van der Waals surface area contributed by atoms with Gasteiger partial charge in [0.15, 0.2) is 0 Å². The number of sulfonamides is 1. The van der Waals surface area contributed by atoms with Gasteiger partial charge < -0.3 is 19.1 Å². The molecule has 0 unspecified atom stereocenters. The van der Waals surface area contributed by atoms with Crippen molar-refractivity contribution in [3.8, 4) is 0 Å². The van der Waals surface area contributed by atoms with Crippen LogP contribution in [0.4, 0.5) is 0 Å². The maximum Gasteiger partial charge on any atom is 0.314 e. The molecule has 0 atom stereocenters. The van der Waals surface area contributed by atoms with Crippen molar-refractivity contribution in [1.29, 1.82) is 0 Å². The lowest BCUT2D eigenvalue weighted by Crippen LogP contribution is -2.59. The summed E-state index contributed by atoms with van der Waals surface area (Å²) in [5.41, 5.74) is -1.60. The Bertz CT molecular complexity index is 1360. The first-order valence-electron chi connectivity index (χ1n) is 9.94. The van der Waals surface area contributed by atoms with Gasteiger partial charge in [-0.1, -0.05) is 0 Å². The van der Waals surface area contributed by atoms with Crippen LogP contribution in [0.3, 0.4) is 0 Å². The fraction of sp³-hybridized carbons (Fsp3) is 0.474. The van der Waals surface area contributed by atoms with E-state index in [0.29, 0.717) is 30.5 Å². The molecule has 0 amide bonds. The van der Waals surface area contributed by atoms with Gasteiger partial charge in [-0.05, 0) is 38.0 Å². The van der Waals surface area contributed by atoms with Crippen LogP contribution in [0.25, 0.3) is 11.0 Å². The average Bonchev–Trinajstić information content (AvgIpc) is 3.23. The molecule has 4 heterocycles. The first-order valence-corrected chi connectivity index (χ1v) is 11.4. The largest absolute Gasteiger partial charge is 0.424 e. The maximum atomic E-state index is 13.1. The predicted octanol–water partition coefficient (Wildman–Crippen LogP) is 0.456. The fourth-order valence-electron chi connectivity index (χ4n) is 4.03. The smallest absolute Gasteiger partial charge is 0.314 e. The minimum Gasteiger partial charge on any atom is -0.424 e. The second-order valence-corrected chi connectivity index (χ2v) is 10.2. The minimum atomic E-state index is -3.80. The molecule has 2 fully saturated rings. The number of nitrogens with one attached hydrogen (secondary N) is 2. The first-order chi connectivity index (χ1) is 14.8. The van der Waals surface area contributed by atoms with Crippen molar-refractivity contribution in [3.63, 3.8) is 0 Å². The van der Waals surface area contributed by atoms with Gasteiger partial charge in [0.1, 0.15) is 0 Å². The second-order valence-electron chi connectivity index (χ2n) is 8.28. The molecule has 31 heavy (non-hydrogen) atoms. The Morgan fingerprint density at radius 1 is 1.06 bits per heavy atom. The van der Waals surface area contributed by atoms with Crippen molar-refractivity contribution >= 4 is 21.1 Å². The van der Waals surface area contributed by atoms with Crippen LogP contribution in [0.2, 0.25) is 0 Å². The van der Waals surface area contributed by atoms with E-state index in [1.54, 1.807) is 0 Å². The van der Waals surface area contributed by atoms with E-state index in [4.69, 9.17) is 9.15 Å². The molecule has 164 valence electrons. The van der Waals surface area contributed by atoms with Crippen LogP contribution in [0, 0.1) is 0 Å². The molecule has 12 heteroatoms. The monoisotopic (exact) mass is 447 g/mol. The predicted molar refractivity (Wildman–Crippen MR) is 108 cm³/mol. The summed E-state index contributed by atoms with van der Waals surface area (Å²) in [5, 5.41) is 8.36. The Balaban J connectivity index is 1.36. The number of hydrogen-bond acceptors (Lipinski definition) is 8. The lowest BCUT2D eigenvalue weighted by Gasteiger charge is -2.44. The van der Waals surface area contributed by atoms with E-state index in [1.165, 1.54) is 22.5 Å². The van der Waals surface area contributed by atoms with Gasteiger partial charge in [-0.25, -0.2) is 8.42 Å². The second kappa shape index (κ2) is 7.11. The van der Waals surface area contributed by atoms with Crippen LogP contribution >= 0.6 is 0 Å². The molecule has 2 aromatic heterocycles. The molecule has 0 bridgehead atoms. The summed E-state index contributed by atoms with van der Waals surface area (Å²) in [6.07, 6.45) is 1.66. The molecule has 2 aliphatic rings. The first kappa shape index (κ1) is 20.1. The van der Waals surface area contributed by atoms with E-state index >= 15 is 0 Å². The third-order valence-corrected chi connectivity index (χ3v) is 7.70. The summed E-state index contributed by atoms with van der Waals surface area (Å²) < 4.78 is 38.7. The zero-order valence-electron chi connectivity index (χ0n) is 16.8. The van der Waals surface area contributed by atoms with Gasteiger partial charge in [-0.15, -0.1) is 10.2 Å². The molecule has 0 spiro atoms. The van der Waals surface area contributed by atoms with Crippen molar-refractivity contribution < 1.29 is 17.6 Å². The molecule has 0 radical (unpaired) electrons. The zero-order chi connectivity index (χ0) is 21.8. The Hall–Kier alpha value is -2.83. The minimum absolute atomic E-state index is 0.0261. The van der Waals surface area contributed by atoms with Crippen molar-refractivity contribution in [2.45, 2.75) is 36.0 Å². The summed E-state index contributed by atoms with van der Waals surface area (Å²) in [7, 11) is -3.80. The van der Waals surface area contributed by atoms with Gasteiger partial charge >= 0.3 is 11.1 Å². The molecule has 3 aromatic rings. The highest BCUT2D eigenvalue weighted by Crippen LogP contribution is 2.38. The molecule has 0 saturated carbocycles. The Morgan fingerprint density at radius 3 is 2.45 bits per heavy atom. The molecule has 2 saturated heterocycles. The number of nitrogens with zero attached hydrogens (tertiary/aromatic N) is 3. The summed E-state index contributed by atoms with van der Waals surface area (Å²) >= 11 is 0. The van der Waals surface area contributed by atoms with Crippen LogP contribution in [0.1, 0.15) is 37.5 Å². The van der Waals surface area contributed by atoms with E-state index in [-0.39, 0.29) is 29.4 Å². The molecule has 11 nitrogen and oxygen atoms in total. The van der Waals surface area contributed by atoms with Crippen molar-refractivity contribution in [2.24, 2.45) is 0 Å². The van der Waals surface area contributed by atoms with E-state index in [1.807, 2.05) is 6.92 Å². The van der Waals surface area contributed by atoms with Gasteiger partial charge in [0.05, 0.1) is 21.3 Å². The summed E-state index contributed by atoms with van der Waals surface area (Å²) in [5.74, 6) is 1.18. The van der Waals surface area contributed by atoms with Crippen LogP contribution in [0.15, 0.2) is 37.1 Å². The fourth-order valence-corrected chi connectivity index (χ4v) is 5.74. The molecule has 2 N–H and O–H groups in total. The number of aromatic nitrogens is 4. The molecule has 5 rings (SSSR count). The Morgan fingerprint density at radius 2 is 1.74 bits per heavy atom. The number of benzene rings is 1. The van der Waals surface area contributed by atoms with Gasteiger partial charge in [-0.3, -0.25) is 9.59 Å². The Kier molecular flexibility index (Phi) is 4.61. The summed E-state index contributed by atoms with van der Waals surface area (Å²) in [6, 6.07) is 4.20. The number of ether oxygens (including phenoxy) is 1. The van der Waals surface area contributed by atoms with Gasteiger partial charge in [0.25, 0.3) is 0 Å². The van der Waals surface area contributed by atoms with E-state index < -0.39 is 26.6 Å². The van der Waals surface area contributed by atoms with Crippen LogP contribution in [-0.2, 0) is 20.2 Å². The number of rotatable bonds is 4. The highest BCUT2D eigenvalue weighted by atomic mass is 32.2. The molecule has 1 aromatic carbocycles. The zero-order valence-corrected chi connectivity index (χ0v) is 17.6. The summed E-state index contributed by atoms with van der Waals surface area (Å²) in [6.45, 7) is 3.62. The number of aromatic amines is 2. The van der Waals surface area contributed by atoms with Crippen LogP contribution in [0.5, 0.6) is 0 Å². The third kappa shape index (κ3) is 3.40. The summed E-state index contributed by atoms with van der Waals surface area (Å²) in [4.78, 5) is 27.8. The Labute approximate surface area is 176 Å². The number of H-pyrrole nitrogens is 2. The van der Waals surface area contributed by atoms with Crippen molar-refractivity contribution in [2.75, 3.05) is 26.3 Å². The molecular formula is C19H21N5O6S. The standard InChI is InChI=1S/C19H21N5O6S/c1-19(18-23-22-17(30-18)11-4-6-29-7-5-11)9-24(10-19)31(27,28)12-2-3-13-14(8-12)21-16(26)15(25)20-13/h2-3,8,11H,4-7,9-10H2,1H3,(H,20,25)(H,21,26). The average molecular weight is 447 g/mol. The van der Waals surface area contributed by atoms with Gasteiger partial charge in [0.2, 0.25) is 21.8 Å². The van der Waals surface area contributed by atoms with Gasteiger partial charge in [-0.2, -0.15) is 4.31 Å². The molecular weight excluding hydrogens is 426 g/mol. The van der Waals surface area contributed by atoms with Gasteiger partial charge in [0, 0.05) is 32.2 Å². The highest BCUT2D eigenvalue weighted by Gasteiger charge is 2.50. The quantitative estimate of drug-likeness (QED) is 0.547. The lowest BCUT2D eigenvalue weighted by molar-refractivity contribution is 0.0771. The van der Waals surface area contributed by atoms with E-state index in [2.05, 4.69) is 20.2 Å².